The number of thiophene rings is 1. The molecule has 3 aliphatic rings. The van der Waals surface area contributed by atoms with Gasteiger partial charge in [-0.3, -0.25) is 0 Å². The minimum absolute atomic E-state index is 0.0125. The quantitative estimate of drug-likeness (QED) is 0.163. The molecular weight excluding hydrogens is 756 g/mol. The van der Waals surface area contributed by atoms with E-state index in [-0.39, 0.29) is 23.0 Å². The Hall–Kier alpha value is -5.06. The largest absolute Gasteiger partial charge is 0.311 e. The van der Waals surface area contributed by atoms with E-state index in [1.807, 2.05) is 11.3 Å². The second-order valence-electron chi connectivity index (χ2n) is 21.5. The lowest BCUT2D eigenvalue weighted by Crippen LogP contribution is -2.60. The molecule has 1 aliphatic carbocycles. The molecule has 308 valence electrons. The molecular formula is C57H61BN2S. The Morgan fingerprint density at radius 3 is 1.89 bits per heavy atom. The molecule has 0 spiro atoms. The molecule has 0 saturated carbocycles. The summed E-state index contributed by atoms with van der Waals surface area (Å²) in [5.41, 5.74) is 21.8. The van der Waals surface area contributed by atoms with Crippen molar-refractivity contribution < 1.29 is 0 Å². The maximum atomic E-state index is 2.65. The SMILES string of the molecule is CC(C)c1ccc2c(c1)B1c3sc4ccc(C(C)(C)C)cc4c3N(c3ccc(C(C)(C)C)cc3)c3cccc(c31)N2c1ccc(C(C)(C)C)cc1-c1cccc2c1CCCC2. The van der Waals surface area contributed by atoms with Crippen molar-refractivity contribution in [2.24, 2.45) is 0 Å². The number of rotatable bonds is 4. The maximum Gasteiger partial charge on any atom is 0.264 e. The molecule has 61 heavy (non-hydrogen) atoms. The zero-order valence-electron chi connectivity index (χ0n) is 38.3. The molecule has 2 nitrogen and oxygen atoms in total. The van der Waals surface area contributed by atoms with Gasteiger partial charge in [0.15, 0.2) is 0 Å². The predicted octanol–water partition coefficient (Wildman–Crippen LogP) is 14.5. The Kier molecular flexibility index (Phi) is 9.35. The smallest absolute Gasteiger partial charge is 0.264 e. The molecule has 0 unspecified atom stereocenters. The molecule has 1 aromatic heterocycles. The molecule has 7 aromatic rings. The van der Waals surface area contributed by atoms with E-state index in [0.717, 1.165) is 12.8 Å². The topological polar surface area (TPSA) is 6.48 Å². The second-order valence-corrected chi connectivity index (χ2v) is 22.6. The molecule has 10 rings (SSSR count). The lowest BCUT2D eigenvalue weighted by molar-refractivity contribution is 0.590. The molecule has 3 heterocycles. The van der Waals surface area contributed by atoms with E-state index in [1.165, 1.54) is 117 Å². The molecule has 0 fully saturated rings. The fraction of sp³-hybridized carbons (Fsp3) is 0.333. The van der Waals surface area contributed by atoms with Gasteiger partial charge in [-0.05, 0) is 152 Å². The van der Waals surface area contributed by atoms with E-state index in [1.54, 1.807) is 0 Å². The summed E-state index contributed by atoms with van der Waals surface area (Å²) in [6, 6.07) is 45.7. The summed E-state index contributed by atoms with van der Waals surface area (Å²) in [6.45, 7) is 25.8. The molecule has 2 aliphatic heterocycles. The summed E-state index contributed by atoms with van der Waals surface area (Å²) < 4.78 is 2.78. The van der Waals surface area contributed by atoms with Crippen LogP contribution in [0, 0.1) is 0 Å². The van der Waals surface area contributed by atoms with E-state index in [2.05, 4.69) is 201 Å². The minimum Gasteiger partial charge on any atom is -0.311 e. The summed E-state index contributed by atoms with van der Waals surface area (Å²) in [7, 11) is 0. The zero-order valence-corrected chi connectivity index (χ0v) is 39.1. The average Bonchev–Trinajstić information content (AvgIpc) is 3.61. The van der Waals surface area contributed by atoms with E-state index in [0.29, 0.717) is 5.92 Å². The van der Waals surface area contributed by atoms with Gasteiger partial charge in [0.2, 0.25) is 0 Å². The van der Waals surface area contributed by atoms with E-state index >= 15 is 0 Å². The summed E-state index contributed by atoms with van der Waals surface area (Å²) in [5, 5.41) is 1.35. The Labute approximate surface area is 369 Å². The third-order valence-electron chi connectivity index (χ3n) is 13.9. The van der Waals surface area contributed by atoms with Crippen LogP contribution in [0.25, 0.3) is 21.2 Å². The van der Waals surface area contributed by atoms with Gasteiger partial charge in [0.05, 0.1) is 11.4 Å². The molecule has 0 amide bonds. The summed E-state index contributed by atoms with van der Waals surface area (Å²) in [4.78, 5) is 5.27. The molecule has 0 N–H and O–H groups in total. The van der Waals surface area contributed by atoms with Crippen LogP contribution < -0.4 is 25.5 Å². The Bertz CT molecular complexity index is 2860. The van der Waals surface area contributed by atoms with Gasteiger partial charge in [0.25, 0.3) is 6.71 Å². The zero-order chi connectivity index (χ0) is 42.7. The number of hydrogen-bond donors (Lipinski definition) is 0. The first-order chi connectivity index (χ1) is 29.0. The number of benzene rings is 6. The lowest BCUT2D eigenvalue weighted by atomic mass is 9.36. The average molecular weight is 817 g/mol. The highest BCUT2D eigenvalue weighted by Gasteiger charge is 2.46. The van der Waals surface area contributed by atoms with Crippen LogP contribution >= 0.6 is 11.3 Å². The minimum atomic E-state index is 0.0125. The van der Waals surface area contributed by atoms with Crippen LogP contribution in [0.3, 0.4) is 0 Å². The third kappa shape index (κ3) is 6.58. The maximum absolute atomic E-state index is 2.65. The highest BCUT2D eigenvalue weighted by atomic mass is 32.1. The van der Waals surface area contributed by atoms with E-state index < -0.39 is 0 Å². The van der Waals surface area contributed by atoms with Crippen LogP contribution in [0.4, 0.5) is 34.1 Å². The van der Waals surface area contributed by atoms with Crippen LogP contribution in [0.1, 0.15) is 128 Å². The highest BCUT2D eigenvalue weighted by Crippen LogP contribution is 2.51. The molecule has 0 saturated heterocycles. The first-order valence-electron chi connectivity index (χ1n) is 22.8. The van der Waals surface area contributed by atoms with Crippen LogP contribution in [0.5, 0.6) is 0 Å². The second kappa shape index (κ2) is 14.2. The van der Waals surface area contributed by atoms with Gasteiger partial charge in [0.1, 0.15) is 0 Å². The fourth-order valence-corrected chi connectivity index (χ4v) is 11.7. The first-order valence-corrected chi connectivity index (χ1v) is 23.6. The van der Waals surface area contributed by atoms with Gasteiger partial charge in [-0.2, -0.15) is 0 Å². The third-order valence-corrected chi connectivity index (χ3v) is 15.1. The monoisotopic (exact) mass is 816 g/mol. The van der Waals surface area contributed by atoms with Crippen LogP contribution in [0.2, 0.25) is 0 Å². The molecule has 0 bridgehead atoms. The normalized spacial score (nSPS) is 14.9. The van der Waals surface area contributed by atoms with Crippen molar-refractivity contribution in [1.29, 1.82) is 0 Å². The van der Waals surface area contributed by atoms with Gasteiger partial charge in [-0.25, -0.2) is 0 Å². The summed E-state index contributed by atoms with van der Waals surface area (Å²) >= 11 is 2.00. The van der Waals surface area contributed by atoms with E-state index in [9.17, 15) is 0 Å². The van der Waals surface area contributed by atoms with Crippen molar-refractivity contribution >= 4 is 78.0 Å². The van der Waals surface area contributed by atoms with Gasteiger partial charge in [0, 0.05) is 43.2 Å². The van der Waals surface area contributed by atoms with Crippen LogP contribution in [-0.4, -0.2) is 6.71 Å². The molecule has 0 atom stereocenters. The Morgan fingerprint density at radius 1 is 0.557 bits per heavy atom. The predicted molar refractivity (Wildman–Crippen MR) is 268 cm³/mol. The van der Waals surface area contributed by atoms with Crippen molar-refractivity contribution in [2.75, 3.05) is 9.80 Å². The summed E-state index contributed by atoms with van der Waals surface area (Å²) in [6.07, 6.45) is 4.82. The van der Waals surface area contributed by atoms with Crippen molar-refractivity contribution in [1.82, 2.24) is 0 Å². The van der Waals surface area contributed by atoms with Gasteiger partial charge in [-0.1, -0.05) is 137 Å². The van der Waals surface area contributed by atoms with Gasteiger partial charge in [-0.15, -0.1) is 11.3 Å². The number of anilines is 6. The van der Waals surface area contributed by atoms with E-state index in [4.69, 9.17) is 0 Å². The number of aryl methyl sites for hydroxylation is 1. The van der Waals surface area contributed by atoms with Gasteiger partial charge < -0.3 is 9.80 Å². The number of fused-ring (bicyclic) bond motifs is 7. The standard InChI is InChI=1S/C57H61BN2S/c1-35(2)37-22-29-48-46(32-37)58-52-49(59(41-27-23-38(24-28-41)55(3,4)5)53-45-34-40(57(9,10)11)26-31-51(45)61-54(53)58)20-15-21-50(52)60(48)47-30-25-39(56(6,7)8)33-44(47)43-19-14-17-36-16-12-13-18-42(36)43/h14-15,17,19-35H,12-13,16,18H2,1-11H3. The Morgan fingerprint density at radius 2 is 1.18 bits per heavy atom. The highest BCUT2D eigenvalue weighted by molar-refractivity contribution is 7.33. The fourth-order valence-electron chi connectivity index (χ4n) is 10.4. The number of hydrogen-bond acceptors (Lipinski definition) is 3. The van der Waals surface area contributed by atoms with Crippen molar-refractivity contribution in [2.45, 2.75) is 124 Å². The molecule has 4 heteroatoms. The number of nitrogens with zero attached hydrogens (tertiary/aromatic N) is 2. The van der Waals surface area contributed by atoms with Crippen molar-refractivity contribution in [3.63, 3.8) is 0 Å². The van der Waals surface area contributed by atoms with Crippen LogP contribution in [-0.2, 0) is 29.1 Å². The molecule has 0 radical (unpaired) electrons. The van der Waals surface area contributed by atoms with Gasteiger partial charge >= 0.3 is 0 Å². The first kappa shape index (κ1) is 40.0. The molecule has 6 aromatic carbocycles. The van der Waals surface area contributed by atoms with Crippen molar-refractivity contribution in [3.8, 4) is 11.1 Å². The van der Waals surface area contributed by atoms with Crippen molar-refractivity contribution in [3.05, 3.63) is 149 Å². The summed E-state index contributed by atoms with van der Waals surface area (Å²) in [5.74, 6) is 0.408. The Balaban J connectivity index is 1.29. The lowest BCUT2D eigenvalue weighted by Gasteiger charge is -2.44. The van der Waals surface area contributed by atoms with Crippen LogP contribution in [0.15, 0.2) is 115 Å².